The summed E-state index contributed by atoms with van der Waals surface area (Å²) in [7, 11) is 0. The molecule has 1 N–H and O–H groups in total. The molecule has 0 fully saturated rings. The molecule has 0 saturated heterocycles. The Balaban J connectivity index is 1.89. The number of nitrogens with zero attached hydrogens (tertiary/aromatic N) is 2. The summed E-state index contributed by atoms with van der Waals surface area (Å²) in [5.74, 6) is 0.226. The lowest BCUT2D eigenvalue weighted by atomic mass is 9.98. The smallest absolute Gasteiger partial charge is 0.124 e. The van der Waals surface area contributed by atoms with E-state index in [2.05, 4.69) is 0 Å². The van der Waals surface area contributed by atoms with Crippen LogP contribution in [0.25, 0.3) is 0 Å². The zero-order chi connectivity index (χ0) is 18.1. The van der Waals surface area contributed by atoms with Gasteiger partial charge < -0.3 is 5.11 Å². The van der Waals surface area contributed by atoms with E-state index < -0.39 is 0 Å². The van der Waals surface area contributed by atoms with Gasteiger partial charge in [-0.1, -0.05) is 47.5 Å². The van der Waals surface area contributed by atoms with Crippen LogP contribution in [0.15, 0.2) is 76.7 Å². The fourth-order valence-corrected chi connectivity index (χ4v) is 3.15. The number of rotatable bonds is 2. The van der Waals surface area contributed by atoms with Gasteiger partial charge in [0.1, 0.15) is 5.75 Å². The second kappa shape index (κ2) is 6.77. The summed E-state index contributed by atoms with van der Waals surface area (Å²) >= 11 is 6.03. The van der Waals surface area contributed by atoms with Crippen molar-refractivity contribution >= 4 is 34.4 Å². The van der Waals surface area contributed by atoms with Gasteiger partial charge in [-0.15, -0.1) is 0 Å². The van der Waals surface area contributed by atoms with E-state index in [-0.39, 0.29) is 5.75 Å². The minimum atomic E-state index is 0.226. The van der Waals surface area contributed by atoms with Crippen molar-refractivity contribution in [2.75, 3.05) is 0 Å². The first-order valence-corrected chi connectivity index (χ1v) is 8.78. The highest BCUT2D eigenvalue weighted by Crippen LogP contribution is 2.34. The van der Waals surface area contributed by atoms with E-state index in [1.54, 1.807) is 6.07 Å². The van der Waals surface area contributed by atoms with Crippen molar-refractivity contribution < 1.29 is 5.11 Å². The van der Waals surface area contributed by atoms with Crippen molar-refractivity contribution in [2.24, 2.45) is 9.98 Å². The van der Waals surface area contributed by atoms with Crippen LogP contribution in [0.5, 0.6) is 5.75 Å². The van der Waals surface area contributed by atoms with E-state index in [1.165, 1.54) is 0 Å². The molecule has 0 aromatic heterocycles. The molecule has 3 aromatic rings. The minimum Gasteiger partial charge on any atom is -0.507 e. The fraction of sp³-hybridized carbons (Fsp3) is 0.0909. The number of para-hydroxylation sites is 2. The van der Waals surface area contributed by atoms with Gasteiger partial charge >= 0.3 is 0 Å². The number of benzene rings is 3. The van der Waals surface area contributed by atoms with Gasteiger partial charge in [0, 0.05) is 17.0 Å². The van der Waals surface area contributed by atoms with Gasteiger partial charge in [0.25, 0.3) is 0 Å². The predicted molar refractivity (Wildman–Crippen MR) is 108 cm³/mol. The number of aromatic hydroxyl groups is 1. The van der Waals surface area contributed by atoms with Gasteiger partial charge in [-0.3, -0.25) is 9.98 Å². The molecule has 3 nitrogen and oxygen atoms in total. The second-order valence-corrected chi connectivity index (χ2v) is 6.75. The summed E-state index contributed by atoms with van der Waals surface area (Å²) in [6, 6.07) is 21.0. The monoisotopic (exact) mass is 360 g/mol. The molecule has 4 heteroatoms. The third kappa shape index (κ3) is 3.26. The maximum absolute atomic E-state index is 10.4. The van der Waals surface area contributed by atoms with Crippen LogP contribution >= 0.6 is 11.6 Å². The molecule has 0 radical (unpaired) electrons. The summed E-state index contributed by atoms with van der Waals surface area (Å²) < 4.78 is 0. The Morgan fingerprint density at radius 1 is 0.846 bits per heavy atom. The van der Waals surface area contributed by atoms with Crippen LogP contribution in [0.1, 0.15) is 23.1 Å². The molecule has 0 bridgehead atoms. The zero-order valence-corrected chi connectivity index (χ0v) is 15.0. The van der Waals surface area contributed by atoms with E-state index in [1.807, 2.05) is 67.6 Å². The van der Waals surface area contributed by atoms with Crippen LogP contribution in [0, 0.1) is 6.92 Å². The third-order valence-electron chi connectivity index (χ3n) is 4.37. The fourth-order valence-electron chi connectivity index (χ4n) is 3.03. The maximum atomic E-state index is 10.4. The zero-order valence-electron chi connectivity index (χ0n) is 14.3. The molecule has 0 amide bonds. The van der Waals surface area contributed by atoms with Gasteiger partial charge in [-0.25, -0.2) is 0 Å². The SMILES string of the molecule is Cc1ccc(O)c(C2=Nc3ccccc3N=C(c3ccc(Cl)cc3)C2)c1. The lowest BCUT2D eigenvalue weighted by molar-refractivity contribution is 0.474. The number of hydrogen-bond acceptors (Lipinski definition) is 3. The highest BCUT2D eigenvalue weighted by atomic mass is 35.5. The molecule has 0 spiro atoms. The quantitative estimate of drug-likeness (QED) is 0.598. The van der Waals surface area contributed by atoms with Crippen molar-refractivity contribution in [3.05, 3.63) is 88.4 Å². The predicted octanol–water partition coefficient (Wildman–Crippen LogP) is 6.00. The number of halogens is 1. The van der Waals surface area contributed by atoms with E-state index >= 15 is 0 Å². The standard InChI is InChI=1S/C22H17ClN2O/c1-14-6-11-22(26)17(12-14)21-13-20(15-7-9-16(23)10-8-15)24-18-4-2-3-5-19(18)25-21/h2-12,26H,13H2,1H3. The highest BCUT2D eigenvalue weighted by molar-refractivity contribution is 6.30. The lowest BCUT2D eigenvalue weighted by Crippen LogP contribution is -2.10. The third-order valence-corrected chi connectivity index (χ3v) is 4.62. The van der Waals surface area contributed by atoms with Crippen LogP contribution < -0.4 is 0 Å². The van der Waals surface area contributed by atoms with Crippen molar-refractivity contribution in [3.8, 4) is 5.75 Å². The summed E-state index contributed by atoms with van der Waals surface area (Å²) in [5, 5.41) is 11.1. The van der Waals surface area contributed by atoms with Gasteiger partial charge in [0.05, 0.1) is 22.8 Å². The molecule has 3 aromatic carbocycles. The Kier molecular flexibility index (Phi) is 4.31. The second-order valence-electron chi connectivity index (χ2n) is 6.31. The molecule has 128 valence electrons. The molecule has 1 aliphatic heterocycles. The summed E-state index contributed by atoms with van der Waals surface area (Å²) in [6.07, 6.45) is 0.521. The van der Waals surface area contributed by atoms with E-state index in [0.717, 1.165) is 39.5 Å². The molecule has 1 aliphatic rings. The molecule has 1 heterocycles. The summed E-state index contributed by atoms with van der Waals surface area (Å²) in [4.78, 5) is 9.66. The summed E-state index contributed by atoms with van der Waals surface area (Å²) in [5.41, 5.74) is 6.11. The van der Waals surface area contributed by atoms with E-state index in [0.29, 0.717) is 11.4 Å². The van der Waals surface area contributed by atoms with Gasteiger partial charge in [-0.05, 0) is 48.9 Å². The molecular weight excluding hydrogens is 344 g/mol. The minimum absolute atomic E-state index is 0.226. The molecule has 4 rings (SSSR count). The Morgan fingerprint density at radius 2 is 1.50 bits per heavy atom. The molecular formula is C22H17ClN2O. The summed E-state index contributed by atoms with van der Waals surface area (Å²) in [6.45, 7) is 2.00. The van der Waals surface area contributed by atoms with E-state index in [4.69, 9.17) is 21.6 Å². The maximum Gasteiger partial charge on any atom is 0.124 e. The largest absolute Gasteiger partial charge is 0.507 e. The van der Waals surface area contributed by atoms with Crippen LogP contribution in [0.2, 0.25) is 5.02 Å². The van der Waals surface area contributed by atoms with E-state index in [9.17, 15) is 5.11 Å². The van der Waals surface area contributed by atoms with Crippen molar-refractivity contribution in [1.82, 2.24) is 0 Å². The first kappa shape index (κ1) is 16.6. The van der Waals surface area contributed by atoms with Gasteiger partial charge in [0.2, 0.25) is 0 Å². The molecule has 0 unspecified atom stereocenters. The first-order valence-electron chi connectivity index (χ1n) is 8.40. The topological polar surface area (TPSA) is 45.0 Å². The number of phenols is 1. The lowest BCUT2D eigenvalue weighted by Gasteiger charge is -2.10. The van der Waals surface area contributed by atoms with Crippen molar-refractivity contribution in [1.29, 1.82) is 0 Å². The number of fused-ring (bicyclic) bond motifs is 1. The Morgan fingerprint density at radius 3 is 2.19 bits per heavy atom. The normalized spacial score (nSPS) is 13.5. The average molecular weight is 361 g/mol. The average Bonchev–Trinajstić information content (AvgIpc) is 2.84. The number of phenolic OH excluding ortho intramolecular Hbond substituents is 1. The first-order chi connectivity index (χ1) is 12.6. The van der Waals surface area contributed by atoms with Crippen LogP contribution in [-0.4, -0.2) is 16.5 Å². The number of hydrogen-bond donors (Lipinski definition) is 1. The Hall–Kier alpha value is -2.91. The van der Waals surface area contributed by atoms with Crippen molar-refractivity contribution in [3.63, 3.8) is 0 Å². The number of aliphatic imine (C=N–C) groups is 2. The van der Waals surface area contributed by atoms with Gasteiger partial charge in [0.15, 0.2) is 0 Å². The van der Waals surface area contributed by atoms with Gasteiger partial charge in [-0.2, -0.15) is 0 Å². The molecule has 0 saturated carbocycles. The van der Waals surface area contributed by atoms with Crippen LogP contribution in [0.3, 0.4) is 0 Å². The number of aryl methyl sites for hydroxylation is 1. The van der Waals surface area contributed by atoms with Crippen LogP contribution in [-0.2, 0) is 0 Å². The Labute approximate surface area is 157 Å². The molecule has 0 aliphatic carbocycles. The highest BCUT2D eigenvalue weighted by Gasteiger charge is 2.18. The Bertz CT molecular complexity index is 1040. The molecule has 0 atom stereocenters. The van der Waals surface area contributed by atoms with Crippen LogP contribution in [0.4, 0.5) is 11.4 Å². The molecule has 26 heavy (non-hydrogen) atoms. The van der Waals surface area contributed by atoms with Crippen molar-refractivity contribution in [2.45, 2.75) is 13.3 Å².